The maximum Gasteiger partial charge on any atom is 0.256 e. The number of hydrogen-bond donors (Lipinski definition) is 2. The number of thiophene rings is 1. The first-order valence-electron chi connectivity index (χ1n) is 12.6. The molecule has 36 heavy (non-hydrogen) atoms. The maximum atomic E-state index is 13.1. The number of hydrogen-bond acceptors (Lipinski definition) is 6. The first-order valence-corrected chi connectivity index (χ1v) is 14.9. The van der Waals surface area contributed by atoms with E-state index in [1.165, 1.54) is 39.9 Å². The van der Waals surface area contributed by atoms with Crippen LogP contribution in [0, 0.1) is 0 Å². The number of carbonyl (C=O) groups excluding carboxylic acids is 2. The second kappa shape index (κ2) is 11.0. The lowest BCUT2D eigenvalue weighted by molar-refractivity contribution is 0.0962. The lowest BCUT2D eigenvalue weighted by Gasteiger charge is -2.30. The van der Waals surface area contributed by atoms with Gasteiger partial charge in [0.25, 0.3) is 11.8 Å². The Labute approximate surface area is 218 Å². The molecule has 2 aliphatic rings. The van der Waals surface area contributed by atoms with Crippen LogP contribution in [0.1, 0.15) is 77.1 Å². The Hall–Kier alpha value is -2.27. The Bertz CT molecular complexity index is 1220. The molecule has 2 amide bonds. The van der Waals surface area contributed by atoms with Crippen LogP contribution in [0.2, 0.25) is 0 Å². The van der Waals surface area contributed by atoms with Gasteiger partial charge in [0.05, 0.1) is 10.5 Å². The molecule has 1 aliphatic heterocycles. The predicted molar refractivity (Wildman–Crippen MR) is 143 cm³/mol. The summed E-state index contributed by atoms with van der Waals surface area (Å²) in [6.07, 6.45) is 5.75. The van der Waals surface area contributed by atoms with E-state index in [0.29, 0.717) is 22.2 Å². The number of anilines is 1. The monoisotopic (exact) mass is 532 g/mol. The number of sulfonamides is 1. The molecule has 196 valence electrons. The third-order valence-corrected chi connectivity index (χ3v) is 10.4. The van der Waals surface area contributed by atoms with E-state index in [4.69, 9.17) is 0 Å². The van der Waals surface area contributed by atoms with Gasteiger partial charge in [0.2, 0.25) is 10.0 Å². The summed E-state index contributed by atoms with van der Waals surface area (Å²) >= 11 is 1.44. The minimum atomic E-state index is -3.63. The van der Waals surface area contributed by atoms with Gasteiger partial charge in [0, 0.05) is 49.7 Å². The highest BCUT2D eigenvalue weighted by Gasteiger charge is 2.31. The summed E-state index contributed by atoms with van der Waals surface area (Å²) in [6.45, 7) is 5.91. The molecule has 0 atom stereocenters. The van der Waals surface area contributed by atoms with Crippen LogP contribution in [0.5, 0.6) is 0 Å². The molecule has 0 spiro atoms. The molecule has 2 N–H and O–H groups in total. The van der Waals surface area contributed by atoms with Crippen molar-refractivity contribution in [1.29, 1.82) is 0 Å². The molecule has 1 fully saturated rings. The molecule has 1 aromatic carbocycles. The van der Waals surface area contributed by atoms with Gasteiger partial charge in [-0.05, 0) is 62.9 Å². The third-order valence-electron chi connectivity index (χ3n) is 7.38. The standard InChI is InChI=1S/C26H36N4O4S2/c1-17(2)30-15-14-21-22(16-30)35-26(23(21)25(32)27-3)28-24(31)18-10-12-20(13-11-18)36(33,34)29(4)19-8-6-5-7-9-19/h10-13,17,19H,5-9,14-16H2,1-4H3,(H,27,32)(H,28,31). The van der Waals surface area contributed by atoms with Crippen molar-refractivity contribution in [1.82, 2.24) is 14.5 Å². The van der Waals surface area contributed by atoms with Gasteiger partial charge >= 0.3 is 0 Å². The molecular weight excluding hydrogens is 496 g/mol. The van der Waals surface area contributed by atoms with Crippen molar-refractivity contribution in [2.24, 2.45) is 0 Å². The SMILES string of the molecule is CNC(=O)c1c(NC(=O)c2ccc(S(=O)(=O)N(C)C3CCCCC3)cc2)sc2c1CCN(C(C)C)C2. The van der Waals surface area contributed by atoms with Gasteiger partial charge in [-0.2, -0.15) is 4.31 Å². The number of fused-ring (bicyclic) bond motifs is 1. The minimum absolute atomic E-state index is 0.0198. The molecule has 4 rings (SSSR count). The normalized spacial score (nSPS) is 17.3. The summed E-state index contributed by atoms with van der Waals surface area (Å²) in [5.74, 6) is -0.586. The van der Waals surface area contributed by atoms with Crippen molar-refractivity contribution in [2.45, 2.75) is 75.9 Å². The van der Waals surface area contributed by atoms with Gasteiger partial charge in [-0.1, -0.05) is 19.3 Å². The average Bonchev–Trinajstić information content (AvgIpc) is 3.25. The Morgan fingerprint density at radius 2 is 1.75 bits per heavy atom. The summed E-state index contributed by atoms with van der Waals surface area (Å²) in [6, 6.07) is 6.46. The van der Waals surface area contributed by atoms with E-state index < -0.39 is 10.0 Å². The van der Waals surface area contributed by atoms with Crippen LogP contribution in [-0.4, -0.2) is 62.2 Å². The van der Waals surface area contributed by atoms with E-state index >= 15 is 0 Å². The third kappa shape index (κ3) is 5.37. The maximum absolute atomic E-state index is 13.1. The van der Waals surface area contributed by atoms with Gasteiger partial charge < -0.3 is 10.6 Å². The topological polar surface area (TPSA) is 98.8 Å². The lowest BCUT2D eigenvalue weighted by Crippen LogP contribution is -2.38. The van der Waals surface area contributed by atoms with Crippen LogP contribution in [0.4, 0.5) is 5.00 Å². The fourth-order valence-electron chi connectivity index (χ4n) is 5.08. The van der Waals surface area contributed by atoms with E-state index in [0.717, 1.165) is 62.1 Å². The Kier molecular flexibility index (Phi) is 8.18. The zero-order chi connectivity index (χ0) is 26.0. The number of amides is 2. The molecule has 0 bridgehead atoms. The molecule has 2 aromatic rings. The van der Waals surface area contributed by atoms with Gasteiger partial charge in [-0.15, -0.1) is 11.3 Å². The summed E-state index contributed by atoms with van der Waals surface area (Å²) in [5, 5.41) is 6.15. The van der Waals surface area contributed by atoms with Crippen molar-refractivity contribution < 1.29 is 18.0 Å². The van der Waals surface area contributed by atoms with Crippen molar-refractivity contribution in [2.75, 3.05) is 26.0 Å². The summed E-state index contributed by atoms with van der Waals surface area (Å²) in [7, 11) is -0.398. The zero-order valence-electron chi connectivity index (χ0n) is 21.5. The lowest BCUT2D eigenvalue weighted by atomic mass is 9.96. The van der Waals surface area contributed by atoms with Gasteiger partial charge in [-0.3, -0.25) is 14.5 Å². The van der Waals surface area contributed by atoms with Crippen LogP contribution in [0.25, 0.3) is 0 Å². The molecule has 1 aliphatic carbocycles. The van der Waals surface area contributed by atoms with Gasteiger partial charge in [0.15, 0.2) is 0 Å². The van der Waals surface area contributed by atoms with E-state index in [-0.39, 0.29) is 22.8 Å². The summed E-state index contributed by atoms with van der Waals surface area (Å²) in [5.41, 5.74) is 1.87. The first kappa shape index (κ1) is 26.8. The van der Waals surface area contributed by atoms with E-state index in [1.54, 1.807) is 14.1 Å². The van der Waals surface area contributed by atoms with Crippen LogP contribution >= 0.6 is 11.3 Å². The second-order valence-electron chi connectivity index (χ2n) is 9.89. The molecule has 1 aromatic heterocycles. The number of nitrogens with one attached hydrogen (secondary N) is 2. The van der Waals surface area contributed by atoms with Crippen molar-refractivity contribution in [3.8, 4) is 0 Å². The molecule has 2 heterocycles. The van der Waals surface area contributed by atoms with Gasteiger partial charge in [0.1, 0.15) is 5.00 Å². The second-order valence-corrected chi connectivity index (χ2v) is 13.0. The summed E-state index contributed by atoms with van der Waals surface area (Å²) in [4.78, 5) is 29.4. The first-order chi connectivity index (χ1) is 17.1. The van der Waals surface area contributed by atoms with Crippen LogP contribution in [0.15, 0.2) is 29.2 Å². The molecule has 0 unspecified atom stereocenters. The van der Waals surface area contributed by atoms with E-state index in [9.17, 15) is 18.0 Å². The number of nitrogens with zero attached hydrogens (tertiary/aromatic N) is 2. The molecular formula is C26H36N4O4S2. The van der Waals surface area contributed by atoms with Crippen molar-refractivity contribution in [3.05, 3.63) is 45.8 Å². The fraction of sp³-hybridized carbons (Fsp3) is 0.538. The predicted octanol–water partition coefficient (Wildman–Crippen LogP) is 4.08. The highest BCUT2D eigenvalue weighted by atomic mass is 32.2. The fourth-order valence-corrected chi connectivity index (χ4v) is 7.76. The molecule has 1 saturated carbocycles. The Morgan fingerprint density at radius 1 is 1.08 bits per heavy atom. The average molecular weight is 533 g/mol. The number of benzene rings is 1. The smallest absolute Gasteiger partial charge is 0.256 e. The quantitative estimate of drug-likeness (QED) is 0.560. The highest BCUT2D eigenvalue weighted by molar-refractivity contribution is 7.89. The van der Waals surface area contributed by atoms with Crippen LogP contribution in [-0.2, 0) is 23.0 Å². The largest absolute Gasteiger partial charge is 0.355 e. The van der Waals surface area contributed by atoms with Crippen molar-refractivity contribution >= 4 is 38.2 Å². The van der Waals surface area contributed by atoms with Crippen LogP contribution < -0.4 is 10.6 Å². The molecule has 0 saturated heterocycles. The minimum Gasteiger partial charge on any atom is -0.355 e. The molecule has 10 heteroatoms. The number of rotatable bonds is 7. The van der Waals surface area contributed by atoms with E-state index in [2.05, 4.69) is 29.4 Å². The molecule has 8 nitrogen and oxygen atoms in total. The van der Waals surface area contributed by atoms with Crippen LogP contribution in [0.3, 0.4) is 0 Å². The van der Waals surface area contributed by atoms with Crippen molar-refractivity contribution in [3.63, 3.8) is 0 Å². The highest BCUT2D eigenvalue weighted by Crippen LogP contribution is 2.38. The zero-order valence-corrected chi connectivity index (χ0v) is 23.1. The Morgan fingerprint density at radius 3 is 2.36 bits per heavy atom. The molecule has 0 radical (unpaired) electrons. The summed E-state index contributed by atoms with van der Waals surface area (Å²) < 4.78 is 27.7. The Balaban J connectivity index is 1.53. The van der Waals surface area contributed by atoms with E-state index in [1.807, 2.05) is 0 Å². The van der Waals surface area contributed by atoms with Gasteiger partial charge in [-0.25, -0.2) is 8.42 Å². The number of carbonyl (C=O) groups is 2.